The van der Waals surface area contributed by atoms with Crippen LogP contribution >= 0.6 is 0 Å². The van der Waals surface area contributed by atoms with Crippen molar-refractivity contribution in [3.8, 4) is 0 Å². The molecule has 0 unspecified atom stereocenters. The van der Waals surface area contributed by atoms with Gasteiger partial charge in [0.05, 0.1) is 11.1 Å². The molecule has 0 aromatic heterocycles. The maximum Gasteiger partial charge on any atom is 0.255 e. The molecular formula is C19H19FN2O2. The van der Waals surface area contributed by atoms with E-state index in [1.165, 1.54) is 12.1 Å². The Morgan fingerprint density at radius 1 is 1.21 bits per heavy atom. The Morgan fingerprint density at radius 2 is 1.96 bits per heavy atom. The van der Waals surface area contributed by atoms with Gasteiger partial charge in [-0.25, -0.2) is 4.39 Å². The number of hydrogen-bond acceptors (Lipinski definition) is 2. The monoisotopic (exact) mass is 326 g/mol. The average Bonchev–Trinajstić information content (AvgIpc) is 2.91. The third-order valence-electron chi connectivity index (χ3n) is 4.12. The lowest BCUT2D eigenvalue weighted by molar-refractivity contribution is 0.0773. The summed E-state index contributed by atoms with van der Waals surface area (Å²) in [6.07, 6.45) is 0.881. The van der Waals surface area contributed by atoms with Crippen molar-refractivity contribution in [1.82, 2.24) is 10.2 Å². The number of carbonyl (C=O) groups excluding carboxylic acids is 2. The summed E-state index contributed by atoms with van der Waals surface area (Å²) >= 11 is 0. The average molecular weight is 326 g/mol. The first-order valence-corrected chi connectivity index (χ1v) is 8.04. The largest absolute Gasteiger partial charge is 0.348 e. The molecule has 2 amide bonds. The van der Waals surface area contributed by atoms with Crippen molar-refractivity contribution in [3.63, 3.8) is 0 Å². The Hall–Kier alpha value is -2.69. The van der Waals surface area contributed by atoms with Gasteiger partial charge in [-0.05, 0) is 35.7 Å². The van der Waals surface area contributed by atoms with Crippen molar-refractivity contribution >= 4 is 11.8 Å². The second-order valence-corrected chi connectivity index (χ2v) is 5.88. The molecule has 2 aromatic carbocycles. The van der Waals surface area contributed by atoms with Gasteiger partial charge in [0.1, 0.15) is 5.82 Å². The fourth-order valence-corrected chi connectivity index (χ4v) is 2.94. The van der Waals surface area contributed by atoms with E-state index in [2.05, 4.69) is 5.32 Å². The Morgan fingerprint density at radius 3 is 2.67 bits per heavy atom. The van der Waals surface area contributed by atoms with Gasteiger partial charge in [0.25, 0.3) is 11.8 Å². The number of benzene rings is 2. The van der Waals surface area contributed by atoms with Crippen molar-refractivity contribution in [2.45, 2.75) is 26.4 Å². The molecule has 0 bridgehead atoms. The van der Waals surface area contributed by atoms with Crippen LogP contribution in [0.25, 0.3) is 0 Å². The van der Waals surface area contributed by atoms with Crippen LogP contribution in [0.15, 0.2) is 42.5 Å². The molecule has 124 valence electrons. The number of nitrogens with one attached hydrogen (secondary N) is 1. The Labute approximate surface area is 140 Å². The summed E-state index contributed by atoms with van der Waals surface area (Å²) in [6, 6.07) is 11.3. The van der Waals surface area contributed by atoms with Crippen molar-refractivity contribution in [3.05, 3.63) is 70.5 Å². The molecule has 0 aliphatic carbocycles. The minimum Gasteiger partial charge on any atom is -0.348 e. The molecule has 3 rings (SSSR count). The van der Waals surface area contributed by atoms with Gasteiger partial charge in [0.2, 0.25) is 0 Å². The van der Waals surface area contributed by atoms with Crippen LogP contribution in [0.5, 0.6) is 0 Å². The molecule has 5 heteroatoms. The highest BCUT2D eigenvalue weighted by atomic mass is 19.1. The molecule has 0 saturated heterocycles. The van der Waals surface area contributed by atoms with Crippen molar-refractivity contribution < 1.29 is 14.0 Å². The molecule has 1 aliphatic rings. The number of halogens is 1. The van der Waals surface area contributed by atoms with E-state index >= 15 is 0 Å². The van der Waals surface area contributed by atoms with E-state index in [4.69, 9.17) is 0 Å². The summed E-state index contributed by atoms with van der Waals surface area (Å²) < 4.78 is 12.9. The standard InChI is InChI=1S/C19H19FN2O2/c1-2-10-22-12-14-4-3-5-16(17(14)19(22)24)18(23)21-11-13-6-8-15(20)9-7-13/h3-9H,2,10-12H2,1H3,(H,21,23). The van der Waals surface area contributed by atoms with Gasteiger partial charge in [0, 0.05) is 19.6 Å². The van der Waals surface area contributed by atoms with Gasteiger partial charge >= 0.3 is 0 Å². The molecule has 4 nitrogen and oxygen atoms in total. The van der Waals surface area contributed by atoms with E-state index in [9.17, 15) is 14.0 Å². The number of amides is 2. The van der Waals surface area contributed by atoms with Gasteiger partial charge in [-0.2, -0.15) is 0 Å². The summed E-state index contributed by atoms with van der Waals surface area (Å²) in [4.78, 5) is 26.8. The third-order valence-corrected chi connectivity index (χ3v) is 4.12. The fraction of sp³-hybridized carbons (Fsp3) is 0.263. The highest BCUT2D eigenvalue weighted by molar-refractivity contribution is 6.09. The molecule has 0 fully saturated rings. The maximum absolute atomic E-state index is 12.9. The van der Waals surface area contributed by atoms with Gasteiger partial charge in [-0.3, -0.25) is 9.59 Å². The lowest BCUT2D eigenvalue weighted by Crippen LogP contribution is -2.28. The van der Waals surface area contributed by atoms with Gasteiger partial charge in [0.15, 0.2) is 0 Å². The molecule has 2 aromatic rings. The smallest absolute Gasteiger partial charge is 0.255 e. The van der Waals surface area contributed by atoms with Gasteiger partial charge in [-0.1, -0.05) is 31.2 Å². The highest BCUT2D eigenvalue weighted by Crippen LogP contribution is 2.26. The Kier molecular flexibility index (Phi) is 4.60. The summed E-state index contributed by atoms with van der Waals surface area (Å²) in [6.45, 7) is 3.55. The fourth-order valence-electron chi connectivity index (χ4n) is 2.94. The number of carbonyl (C=O) groups is 2. The predicted molar refractivity (Wildman–Crippen MR) is 89.0 cm³/mol. The number of nitrogens with zero attached hydrogens (tertiary/aromatic N) is 1. The first-order chi connectivity index (χ1) is 11.6. The van der Waals surface area contributed by atoms with E-state index in [0.29, 0.717) is 24.2 Å². The molecule has 0 spiro atoms. The molecule has 0 atom stereocenters. The Balaban J connectivity index is 1.76. The topological polar surface area (TPSA) is 49.4 Å². The van der Waals surface area contributed by atoms with Crippen LogP contribution in [0.3, 0.4) is 0 Å². The van der Waals surface area contributed by atoms with E-state index in [0.717, 1.165) is 17.5 Å². The lowest BCUT2D eigenvalue weighted by Gasteiger charge is -2.13. The number of rotatable bonds is 5. The summed E-state index contributed by atoms with van der Waals surface area (Å²) in [7, 11) is 0. The van der Waals surface area contributed by atoms with E-state index < -0.39 is 0 Å². The molecule has 0 radical (unpaired) electrons. The second kappa shape index (κ2) is 6.83. The van der Waals surface area contributed by atoms with Crippen molar-refractivity contribution in [2.75, 3.05) is 6.54 Å². The minimum absolute atomic E-state index is 0.0839. The molecular weight excluding hydrogens is 307 g/mol. The second-order valence-electron chi connectivity index (χ2n) is 5.88. The maximum atomic E-state index is 12.9. The molecule has 1 aliphatic heterocycles. The van der Waals surface area contributed by atoms with Crippen LogP contribution in [-0.2, 0) is 13.1 Å². The van der Waals surface area contributed by atoms with Crippen LogP contribution < -0.4 is 5.32 Å². The van der Waals surface area contributed by atoms with Crippen molar-refractivity contribution in [1.29, 1.82) is 0 Å². The predicted octanol–water partition coefficient (Wildman–Crippen LogP) is 3.12. The molecule has 24 heavy (non-hydrogen) atoms. The lowest BCUT2D eigenvalue weighted by atomic mass is 10.0. The van der Waals surface area contributed by atoms with Gasteiger partial charge in [-0.15, -0.1) is 0 Å². The highest BCUT2D eigenvalue weighted by Gasteiger charge is 2.30. The van der Waals surface area contributed by atoms with Gasteiger partial charge < -0.3 is 10.2 Å². The molecule has 1 heterocycles. The summed E-state index contributed by atoms with van der Waals surface area (Å²) in [5.74, 6) is -0.685. The number of hydrogen-bond donors (Lipinski definition) is 1. The third kappa shape index (κ3) is 3.15. The van der Waals surface area contributed by atoms with E-state index in [1.807, 2.05) is 13.0 Å². The van der Waals surface area contributed by atoms with E-state index in [-0.39, 0.29) is 24.2 Å². The van der Waals surface area contributed by atoms with Crippen LogP contribution in [0.1, 0.15) is 45.2 Å². The first-order valence-electron chi connectivity index (χ1n) is 8.04. The zero-order valence-corrected chi connectivity index (χ0v) is 13.5. The molecule has 0 saturated carbocycles. The quantitative estimate of drug-likeness (QED) is 0.918. The van der Waals surface area contributed by atoms with Crippen LogP contribution in [0.2, 0.25) is 0 Å². The van der Waals surface area contributed by atoms with Crippen LogP contribution in [-0.4, -0.2) is 23.3 Å². The normalized spacial score (nSPS) is 13.1. The zero-order chi connectivity index (χ0) is 17.1. The van der Waals surface area contributed by atoms with Crippen LogP contribution in [0, 0.1) is 5.82 Å². The Bertz CT molecular complexity index is 771. The SMILES string of the molecule is CCCN1Cc2cccc(C(=O)NCc3ccc(F)cc3)c2C1=O. The minimum atomic E-state index is -0.312. The van der Waals surface area contributed by atoms with Crippen molar-refractivity contribution in [2.24, 2.45) is 0 Å². The first kappa shape index (κ1) is 16.2. The van der Waals surface area contributed by atoms with Crippen LogP contribution in [0.4, 0.5) is 4.39 Å². The van der Waals surface area contributed by atoms with E-state index in [1.54, 1.807) is 29.2 Å². The number of fused-ring (bicyclic) bond motifs is 1. The molecule has 1 N–H and O–H groups in total. The zero-order valence-electron chi connectivity index (χ0n) is 13.5. The summed E-state index contributed by atoms with van der Waals surface area (Å²) in [5.41, 5.74) is 2.60. The summed E-state index contributed by atoms with van der Waals surface area (Å²) in [5, 5.41) is 2.80.